The molecule has 0 unspecified atom stereocenters. The molecule has 1 aromatic heterocycles. The van der Waals surface area contributed by atoms with E-state index >= 15 is 0 Å². The Hall–Kier alpha value is -2.12. The maximum atomic E-state index is 13.6. The molecular formula is C16H11ClF2N2O2S. The Morgan fingerprint density at radius 1 is 1.29 bits per heavy atom. The lowest BCUT2D eigenvalue weighted by Gasteiger charge is -2.10. The summed E-state index contributed by atoms with van der Waals surface area (Å²) in [5.41, 5.74) is 0.913. The molecule has 0 saturated heterocycles. The van der Waals surface area contributed by atoms with Gasteiger partial charge in [-0.25, -0.2) is 13.8 Å². The molecule has 0 bridgehead atoms. The summed E-state index contributed by atoms with van der Waals surface area (Å²) in [5.74, 6) is -1.84. The minimum absolute atomic E-state index is 0.211. The second-order valence-electron chi connectivity index (χ2n) is 4.97. The number of carbonyl (C=O) groups excluding carboxylic acids is 1. The smallest absolute Gasteiger partial charge is 0.257 e. The number of thioether (sulfide) groups is 1. The average molecular weight is 369 g/mol. The lowest BCUT2D eigenvalue weighted by atomic mass is 10.3. The number of carbonyl (C=O) groups is 1. The number of rotatable bonds is 4. The number of aromatic nitrogens is 1. The molecular weight excluding hydrogens is 358 g/mol. The van der Waals surface area contributed by atoms with Gasteiger partial charge < -0.3 is 9.73 Å². The molecule has 3 rings (SSSR count). The van der Waals surface area contributed by atoms with Crippen molar-refractivity contribution < 1.29 is 18.0 Å². The van der Waals surface area contributed by atoms with Gasteiger partial charge in [0.1, 0.15) is 17.2 Å². The first kappa shape index (κ1) is 16.7. The molecule has 0 aliphatic rings. The third-order valence-corrected chi connectivity index (χ3v) is 4.34. The van der Waals surface area contributed by atoms with E-state index in [0.717, 1.165) is 30.0 Å². The lowest BCUT2D eigenvalue weighted by molar-refractivity contribution is -0.115. The number of fused-ring (bicyclic) bond motifs is 1. The Morgan fingerprint density at radius 3 is 2.88 bits per heavy atom. The van der Waals surface area contributed by atoms with Gasteiger partial charge >= 0.3 is 0 Å². The molecule has 0 saturated carbocycles. The number of hydrogen-bond acceptors (Lipinski definition) is 4. The van der Waals surface area contributed by atoms with Crippen molar-refractivity contribution in [2.75, 3.05) is 5.32 Å². The van der Waals surface area contributed by atoms with Gasteiger partial charge in [-0.05, 0) is 31.2 Å². The van der Waals surface area contributed by atoms with Crippen molar-refractivity contribution in [3.05, 3.63) is 53.1 Å². The quantitative estimate of drug-likeness (QED) is 0.667. The molecule has 3 aromatic rings. The fourth-order valence-electron chi connectivity index (χ4n) is 1.96. The van der Waals surface area contributed by atoms with Crippen molar-refractivity contribution in [3.63, 3.8) is 0 Å². The van der Waals surface area contributed by atoms with E-state index in [2.05, 4.69) is 10.3 Å². The van der Waals surface area contributed by atoms with Gasteiger partial charge in [0.05, 0.1) is 10.9 Å². The zero-order valence-electron chi connectivity index (χ0n) is 12.3. The van der Waals surface area contributed by atoms with Crippen LogP contribution < -0.4 is 5.32 Å². The Balaban J connectivity index is 1.72. The number of oxazole rings is 1. The van der Waals surface area contributed by atoms with E-state index in [1.807, 2.05) is 0 Å². The maximum Gasteiger partial charge on any atom is 0.257 e. The third kappa shape index (κ3) is 3.68. The Kier molecular flexibility index (Phi) is 4.73. The highest BCUT2D eigenvalue weighted by molar-refractivity contribution is 8.00. The Labute approximate surface area is 145 Å². The fraction of sp³-hybridized carbons (Fsp3) is 0.125. The molecule has 124 valence electrons. The van der Waals surface area contributed by atoms with Crippen LogP contribution in [-0.4, -0.2) is 16.1 Å². The van der Waals surface area contributed by atoms with E-state index in [-0.39, 0.29) is 10.9 Å². The fourth-order valence-corrected chi connectivity index (χ4v) is 2.88. The molecule has 4 nitrogen and oxygen atoms in total. The molecule has 24 heavy (non-hydrogen) atoms. The van der Waals surface area contributed by atoms with Crippen molar-refractivity contribution >= 4 is 46.1 Å². The zero-order valence-corrected chi connectivity index (χ0v) is 13.9. The molecule has 0 fully saturated rings. The minimum atomic E-state index is -0.710. The molecule has 0 spiro atoms. The Morgan fingerprint density at radius 2 is 2.08 bits per heavy atom. The predicted molar refractivity (Wildman–Crippen MR) is 89.3 cm³/mol. The van der Waals surface area contributed by atoms with Crippen LogP contribution in [0.5, 0.6) is 0 Å². The van der Waals surface area contributed by atoms with Gasteiger partial charge in [-0.2, -0.15) is 0 Å². The first-order chi connectivity index (χ1) is 11.4. The van der Waals surface area contributed by atoms with Crippen LogP contribution in [0.25, 0.3) is 11.1 Å². The van der Waals surface area contributed by atoms with E-state index in [9.17, 15) is 13.6 Å². The molecule has 1 amide bonds. The maximum absolute atomic E-state index is 13.6. The highest BCUT2D eigenvalue weighted by Gasteiger charge is 2.19. The van der Waals surface area contributed by atoms with Gasteiger partial charge in [0.25, 0.3) is 5.22 Å². The number of benzene rings is 2. The van der Waals surface area contributed by atoms with Crippen LogP contribution in [-0.2, 0) is 4.79 Å². The summed E-state index contributed by atoms with van der Waals surface area (Å²) >= 11 is 6.94. The molecule has 1 heterocycles. The summed E-state index contributed by atoms with van der Waals surface area (Å²) in [6.07, 6.45) is 0. The second-order valence-corrected chi connectivity index (χ2v) is 6.69. The van der Waals surface area contributed by atoms with Crippen molar-refractivity contribution in [3.8, 4) is 0 Å². The van der Waals surface area contributed by atoms with Gasteiger partial charge in [-0.3, -0.25) is 4.79 Å². The number of halogens is 3. The van der Waals surface area contributed by atoms with Crippen LogP contribution >= 0.6 is 23.4 Å². The van der Waals surface area contributed by atoms with Crippen LogP contribution in [0.3, 0.4) is 0 Å². The standard InChI is InChI=1S/C16H11ClF2N2O2S/c1-8(15(22)20-13-7-10(18)3-4-11(13)19)24-16-21-12-5-2-9(17)6-14(12)23-16/h2-8H,1H3,(H,20,22)/t8-/m1/s1. The van der Waals surface area contributed by atoms with E-state index in [1.165, 1.54) is 0 Å². The topological polar surface area (TPSA) is 55.1 Å². The highest BCUT2D eigenvalue weighted by Crippen LogP contribution is 2.29. The summed E-state index contributed by atoms with van der Waals surface area (Å²) in [4.78, 5) is 16.4. The average Bonchev–Trinajstić information content (AvgIpc) is 2.92. The van der Waals surface area contributed by atoms with Crippen molar-refractivity contribution in [2.45, 2.75) is 17.4 Å². The van der Waals surface area contributed by atoms with Gasteiger partial charge in [0.2, 0.25) is 5.91 Å². The predicted octanol–water partition coefficient (Wildman–Crippen LogP) is 4.88. The summed E-state index contributed by atoms with van der Waals surface area (Å²) in [7, 11) is 0. The first-order valence-electron chi connectivity index (χ1n) is 6.91. The summed E-state index contributed by atoms with van der Waals surface area (Å²) < 4.78 is 32.2. The number of hydrogen-bond donors (Lipinski definition) is 1. The largest absolute Gasteiger partial charge is 0.431 e. The monoisotopic (exact) mass is 368 g/mol. The normalized spacial score (nSPS) is 12.3. The van der Waals surface area contributed by atoms with Crippen LogP contribution in [0, 0.1) is 11.6 Å². The molecule has 0 radical (unpaired) electrons. The van der Waals surface area contributed by atoms with Crippen molar-refractivity contribution in [1.29, 1.82) is 0 Å². The SMILES string of the molecule is C[C@@H](Sc1nc2ccc(Cl)cc2o1)C(=O)Nc1cc(F)ccc1F. The van der Waals surface area contributed by atoms with Crippen LogP contribution in [0.4, 0.5) is 14.5 Å². The number of anilines is 1. The van der Waals surface area contributed by atoms with Gasteiger partial charge in [0.15, 0.2) is 5.58 Å². The number of nitrogens with one attached hydrogen (secondary N) is 1. The van der Waals surface area contributed by atoms with E-state index in [0.29, 0.717) is 16.1 Å². The molecule has 1 atom stereocenters. The second kappa shape index (κ2) is 6.78. The number of nitrogens with zero attached hydrogens (tertiary/aromatic N) is 1. The summed E-state index contributed by atoms with van der Waals surface area (Å²) in [5, 5.41) is 2.52. The minimum Gasteiger partial charge on any atom is -0.431 e. The van der Waals surface area contributed by atoms with Crippen molar-refractivity contribution in [2.24, 2.45) is 0 Å². The van der Waals surface area contributed by atoms with Gasteiger partial charge in [0, 0.05) is 17.2 Å². The van der Waals surface area contributed by atoms with E-state index < -0.39 is 22.8 Å². The number of amides is 1. The van der Waals surface area contributed by atoms with Crippen molar-refractivity contribution in [1.82, 2.24) is 4.98 Å². The van der Waals surface area contributed by atoms with Gasteiger partial charge in [-0.15, -0.1) is 0 Å². The Bertz CT molecular complexity index is 916. The lowest BCUT2D eigenvalue weighted by Crippen LogP contribution is -2.23. The third-order valence-electron chi connectivity index (χ3n) is 3.16. The van der Waals surface area contributed by atoms with E-state index in [4.69, 9.17) is 16.0 Å². The van der Waals surface area contributed by atoms with Gasteiger partial charge in [-0.1, -0.05) is 23.4 Å². The molecule has 0 aliphatic carbocycles. The zero-order chi connectivity index (χ0) is 17.3. The molecule has 2 aromatic carbocycles. The first-order valence-corrected chi connectivity index (χ1v) is 8.17. The van der Waals surface area contributed by atoms with Crippen LogP contribution in [0.2, 0.25) is 5.02 Å². The summed E-state index contributed by atoms with van der Waals surface area (Å²) in [6.45, 7) is 1.61. The highest BCUT2D eigenvalue weighted by atomic mass is 35.5. The molecule has 8 heteroatoms. The molecule has 0 aliphatic heterocycles. The van der Waals surface area contributed by atoms with Crippen LogP contribution in [0.1, 0.15) is 6.92 Å². The summed E-state index contributed by atoms with van der Waals surface area (Å²) in [6, 6.07) is 7.87. The van der Waals surface area contributed by atoms with E-state index in [1.54, 1.807) is 25.1 Å². The van der Waals surface area contributed by atoms with Crippen LogP contribution in [0.15, 0.2) is 46.0 Å². The molecule has 1 N–H and O–H groups in total.